The van der Waals surface area contributed by atoms with E-state index in [2.05, 4.69) is 5.32 Å². The molecular weight excluding hydrogens is 600 g/mol. The number of hydrogen-bond donors (Lipinski definition) is 4. The number of phenols is 2. The predicted molar refractivity (Wildman–Crippen MR) is 171 cm³/mol. The van der Waals surface area contributed by atoms with Crippen molar-refractivity contribution in [2.75, 3.05) is 39.9 Å². The van der Waals surface area contributed by atoms with Gasteiger partial charge >= 0.3 is 12.1 Å². The number of carbonyl (C=O) groups excluding carboxylic acids is 3. The molecule has 1 aliphatic rings. The normalized spacial score (nSPS) is 23.0. The fourth-order valence-electron chi connectivity index (χ4n) is 5.01. The number of phenolic OH excluding ortho intramolecular Hbond substituents is 2. The maximum absolute atomic E-state index is 13.0. The second-order valence-corrected chi connectivity index (χ2v) is 10.8. The van der Waals surface area contributed by atoms with Crippen molar-refractivity contribution in [3.8, 4) is 17.2 Å². The largest absolute Gasteiger partial charge is 0.505 e. The molecule has 2 bridgehead atoms. The molecule has 13 nitrogen and oxygen atoms in total. The summed E-state index contributed by atoms with van der Waals surface area (Å²) in [7, 11) is 4.23. The number of fused-ring (bicyclic) bond motifs is 2. The van der Waals surface area contributed by atoms with E-state index >= 15 is 0 Å². The maximum atomic E-state index is 13.0. The fraction of sp³-hybridized carbons (Fsp3) is 0.485. The molecule has 1 aromatic rings. The van der Waals surface area contributed by atoms with Crippen molar-refractivity contribution < 1.29 is 53.0 Å². The zero-order chi connectivity index (χ0) is 34.6. The van der Waals surface area contributed by atoms with Crippen molar-refractivity contribution in [2.45, 2.75) is 65.5 Å². The van der Waals surface area contributed by atoms with E-state index in [4.69, 9.17) is 34.2 Å². The van der Waals surface area contributed by atoms with Crippen LogP contribution < -0.4 is 15.8 Å². The first kappa shape index (κ1) is 37.9. The fourth-order valence-corrected chi connectivity index (χ4v) is 5.01. The summed E-state index contributed by atoms with van der Waals surface area (Å²) in [5.74, 6) is -2.33. The van der Waals surface area contributed by atoms with E-state index in [1.165, 1.54) is 33.5 Å². The number of esters is 1. The van der Waals surface area contributed by atoms with Gasteiger partial charge in [-0.2, -0.15) is 0 Å². The number of benzene rings is 1. The second-order valence-electron chi connectivity index (χ2n) is 10.8. The van der Waals surface area contributed by atoms with Gasteiger partial charge in [0, 0.05) is 38.4 Å². The van der Waals surface area contributed by atoms with E-state index in [0.29, 0.717) is 17.8 Å². The standard InChI is InChI=1S/C33H46N2O11/c1-9-44-17-27(37)45-30-21(5)15-20(4)29(46-33(34)40)25(41-6)12-10-11-19(3)32(39)35-23-16-24(36)31(43-8)22(28(23)38)13-18(2)14-26(30)42-7/h10-13,15-16,21,25-26,29-30,36,38H,9,14,17H2,1-8H3,(H2,34,40)(H,35,39)/t21-,25-,26-,29-,30-/m0/s1. The van der Waals surface area contributed by atoms with Gasteiger partial charge in [0.2, 0.25) is 0 Å². The Morgan fingerprint density at radius 2 is 1.78 bits per heavy atom. The van der Waals surface area contributed by atoms with Gasteiger partial charge in [0.25, 0.3) is 5.91 Å². The lowest BCUT2D eigenvalue weighted by Gasteiger charge is -2.31. The molecule has 1 heterocycles. The zero-order valence-corrected chi connectivity index (χ0v) is 27.6. The quantitative estimate of drug-likeness (QED) is 0.136. The van der Waals surface area contributed by atoms with E-state index in [0.717, 1.165) is 0 Å². The van der Waals surface area contributed by atoms with Gasteiger partial charge in [-0.05, 0) is 45.8 Å². The average Bonchev–Trinajstić information content (AvgIpc) is 3.00. The third-order valence-electron chi connectivity index (χ3n) is 7.31. The van der Waals surface area contributed by atoms with Crippen LogP contribution in [0.5, 0.6) is 17.2 Å². The van der Waals surface area contributed by atoms with Crippen LogP contribution in [0.25, 0.3) is 6.08 Å². The summed E-state index contributed by atoms with van der Waals surface area (Å²) >= 11 is 0. The summed E-state index contributed by atoms with van der Waals surface area (Å²) < 4.78 is 33.4. The molecule has 0 saturated heterocycles. The molecule has 5 atom stereocenters. The van der Waals surface area contributed by atoms with Crippen molar-refractivity contribution in [1.29, 1.82) is 0 Å². The van der Waals surface area contributed by atoms with Gasteiger partial charge in [-0.25, -0.2) is 9.59 Å². The smallest absolute Gasteiger partial charge is 0.405 e. The Morgan fingerprint density at radius 3 is 2.37 bits per heavy atom. The minimum atomic E-state index is -1.03. The van der Waals surface area contributed by atoms with Crippen molar-refractivity contribution in [3.63, 3.8) is 0 Å². The number of ether oxygens (including phenoxy) is 6. The SMILES string of the molecule is CCOCC(=O)O[C@@H]1[C@@H](OC)CC(C)=Cc2c(O)c(cc(O)c2OC)NC(=O)C(C)=CC=C[C@H](OC)[C@@H](OC(N)=O)C(C)=C[C@@H]1C. The maximum Gasteiger partial charge on any atom is 0.405 e. The van der Waals surface area contributed by atoms with Crippen molar-refractivity contribution in [3.05, 3.63) is 52.7 Å². The van der Waals surface area contributed by atoms with Gasteiger partial charge in [-0.1, -0.05) is 36.8 Å². The van der Waals surface area contributed by atoms with E-state index in [-0.39, 0.29) is 47.1 Å². The predicted octanol–water partition coefficient (Wildman–Crippen LogP) is 4.38. The second kappa shape index (κ2) is 18.0. The lowest BCUT2D eigenvalue weighted by atomic mass is 9.91. The van der Waals surface area contributed by atoms with Crippen molar-refractivity contribution in [1.82, 2.24) is 0 Å². The van der Waals surface area contributed by atoms with Crippen LogP contribution in [0.4, 0.5) is 10.5 Å². The number of anilines is 1. The molecule has 0 unspecified atom stereocenters. The highest BCUT2D eigenvalue weighted by Gasteiger charge is 2.32. The molecule has 0 radical (unpaired) electrons. The molecule has 0 spiro atoms. The van der Waals surface area contributed by atoms with Crippen molar-refractivity contribution >= 4 is 29.7 Å². The number of primary amides is 1. The summed E-state index contributed by atoms with van der Waals surface area (Å²) in [6.07, 6.45) is 3.80. The van der Waals surface area contributed by atoms with Crippen molar-refractivity contribution in [2.24, 2.45) is 11.7 Å². The van der Waals surface area contributed by atoms with E-state index in [1.54, 1.807) is 52.0 Å². The molecule has 254 valence electrons. The minimum Gasteiger partial charge on any atom is -0.505 e. The highest BCUT2D eigenvalue weighted by Crippen LogP contribution is 2.43. The van der Waals surface area contributed by atoms with E-state index in [1.807, 2.05) is 6.92 Å². The molecule has 0 fully saturated rings. The van der Waals surface area contributed by atoms with Gasteiger partial charge in [0.1, 0.15) is 24.6 Å². The van der Waals surface area contributed by atoms with E-state index < -0.39 is 48.3 Å². The number of nitrogens with two attached hydrogens (primary N) is 1. The number of carbonyl (C=O) groups is 3. The van der Waals surface area contributed by atoms with Crippen LogP contribution >= 0.6 is 0 Å². The third kappa shape index (κ3) is 10.4. The van der Waals surface area contributed by atoms with Gasteiger partial charge in [-0.15, -0.1) is 0 Å². The van der Waals surface area contributed by atoms with Gasteiger partial charge in [0.15, 0.2) is 17.6 Å². The highest BCUT2D eigenvalue weighted by atomic mass is 16.6. The molecule has 2 rings (SSSR count). The Kier molecular flexibility index (Phi) is 14.8. The van der Waals surface area contributed by atoms with Crippen LogP contribution in [0.3, 0.4) is 0 Å². The lowest BCUT2D eigenvalue weighted by Crippen LogP contribution is -2.39. The first-order chi connectivity index (χ1) is 21.8. The Morgan fingerprint density at radius 1 is 1.09 bits per heavy atom. The topological polar surface area (TPSA) is 185 Å². The van der Waals surface area contributed by atoms with Crippen LogP contribution in [0, 0.1) is 5.92 Å². The minimum absolute atomic E-state index is 0.0115. The molecule has 0 aliphatic carbocycles. The van der Waals surface area contributed by atoms with Gasteiger partial charge < -0.3 is 49.7 Å². The Labute approximate surface area is 269 Å². The number of rotatable bonds is 8. The van der Waals surface area contributed by atoms with Crippen LogP contribution in [0.15, 0.2) is 47.1 Å². The molecule has 2 amide bonds. The van der Waals surface area contributed by atoms with E-state index in [9.17, 15) is 24.6 Å². The number of nitrogens with one attached hydrogen (secondary N) is 1. The monoisotopic (exact) mass is 646 g/mol. The third-order valence-corrected chi connectivity index (χ3v) is 7.31. The first-order valence-corrected chi connectivity index (χ1v) is 14.7. The molecule has 5 N–H and O–H groups in total. The number of amides is 2. The molecule has 46 heavy (non-hydrogen) atoms. The molecule has 1 aromatic carbocycles. The Bertz CT molecular complexity index is 1370. The molecule has 0 saturated carbocycles. The number of hydrogen-bond acceptors (Lipinski definition) is 11. The molecular formula is C33H46N2O11. The Hall–Kier alpha value is -4.33. The van der Waals surface area contributed by atoms with Crippen LogP contribution in [-0.4, -0.2) is 87.1 Å². The van der Waals surface area contributed by atoms with Crippen LogP contribution in [-0.2, 0) is 33.3 Å². The molecule has 0 aromatic heterocycles. The summed E-state index contributed by atoms with van der Waals surface area (Å²) in [5, 5.41) is 24.5. The number of methoxy groups -OCH3 is 3. The van der Waals surface area contributed by atoms with Crippen LogP contribution in [0.1, 0.15) is 46.6 Å². The Balaban J connectivity index is 2.81. The molecule has 13 heteroatoms. The van der Waals surface area contributed by atoms with Gasteiger partial charge in [0.05, 0.1) is 24.5 Å². The van der Waals surface area contributed by atoms with Crippen LogP contribution in [0.2, 0.25) is 0 Å². The summed E-state index contributed by atoms with van der Waals surface area (Å²) in [5.41, 5.74) is 6.91. The van der Waals surface area contributed by atoms with Gasteiger partial charge in [-0.3, -0.25) is 4.79 Å². The molecule has 1 aliphatic heterocycles. The number of aromatic hydroxyl groups is 2. The average molecular weight is 647 g/mol. The number of allylic oxidation sites excluding steroid dienone is 2. The highest BCUT2D eigenvalue weighted by molar-refractivity contribution is 6.05. The summed E-state index contributed by atoms with van der Waals surface area (Å²) in [6.45, 7) is 8.65. The lowest BCUT2D eigenvalue weighted by molar-refractivity contribution is -0.164. The first-order valence-electron chi connectivity index (χ1n) is 14.7. The summed E-state index contributed by atoms with van der Waals surface area (Å²) in [4.78, 5) is 37.7. The summed E-state index contributed by atoms with van der Waals surface area (Å²) in [6, 6.07) is 1.18. The zero-order valence-electron chi connectivity index (χ0n) is 27.6.